The van der Waals surface area contributed by atoms with Gasteiger partial charge in [-0.1, -0.05) is 23.7 Å². The lowest BCUT2D eigenvalue weighted by molar-refractivity contribution is -0.119. The molecule has 1 amide bonds. The van der Waals surface area contributed by atoms with Crippen LogP contribution in [-0.2, 0) is 17.8 Å². The highest BCUT2D eigenvalue weighted by Crippen LogP contribution is 2.33. The Balaban J connectivity index is 2.00. The zero-order valence-electron chi connectivity index (χ0n) is 12.5. The molecule has 0 spiro atoms. The van der Waals surface area contributed by atoms with Crippen LogP contribution in [0.25, 0.3) is 0 Å². The van der Waals surface area contributed by atoms with E-state index in [-0.39, 0.29) is 11.9 Å². The van der Waals surface area contributed by atoms with Crippen molar-refractivity contribution in [3.63, 3.8) is 0 Å². The monoisotopic (exact) mass is 325 g/mol. The van der Waals surface area contributed by atoms with Crippen LogP contribution in [0.2, 0.25) is 5.02 Å². The van der Waals surface area contributed by atoms with E-state index < -0.39 is 0 Å². The number of benzene rings is 2. The topological polar surface area (TPSA) is 70.1 Å². The first-order chi connectivity index (χ1) is 11.1. The van der Waals surface area contributed by atoms with Crippen LogP contribution in [0.15, 0.2) is 42.5 Å². The third-order valence-electron chi connectivity index (χ3n) is 4.15. The average Bonchev–Trinajstić information content (AvgIpc) is 2.54. The van der Waals surface area contributed by atoms with Crippen LogP contribution in [0.4, 0.5) is 5.69 Å². The molecule has 2 aromatic rings. The predicted molar refractivity (Wildman–Crippen MR) is 90.1 cm³/mol. The fraction of sp³-hybridized carbons (Fsp3) is 0.222. The minimum Gasteiger partial charge on any atom is -0.368 e. The molecular weight excluding hydrogens is 310 g/mol. The van der Waals surface area contributed by atoms with Crippen molar-refractivity contribution in [1.82, 2.24) is 0 Å². The molecule has 5 heteroatoms. The largest absolute Gasteiger partial charge is 0.368 e. The number of carbonyl (C=O) groups excluding carboxylic acids is 1. The standard InChI is InChI=1S/C18H16ClN3O/c19-15-3-1-2-13(9-15)11-22-16-6-4-12(10-20)8-14(16)5-7-17(22)18(21)23/h1-4,6,8-9,17H,5,7,11H2,(H2,21,23). The van der Waals surface area contributed by atoms with Gasteiger partial charge in [0.05, 0.1) is 11.6 Å². The van der Waals surface area contributed by atoms with Gasteiger partial charge in [0.25, 0.3) is 0 Å². The summed E-state index contributed by atoms with van der Waals surface area (Å²) < 4.78 is 0. The Labute approximate surface area is 140 Å². The summed E-state index contributed by atoms with van der Waals surface area (Å²) in [6.07, 6.45) is 1.39. The van der Waals surface area contributed by atoms with E-state index in [0.717, 1.165) is 23.2 Å². The Morgan fingerprint density at radius 2 is 2.17 bits per heavy atom. The molecule has 1 unspecified atom stereocenters. The molecule has 0 aliphatic carbocycles. The normalized spacial score (nSPS) is 16.5. The van der Waals surface area contributed by atoms with Crippen LogP contribution >= 0.6 is 11.6 Å². The second-order valence-corrected chi connectivity index (χ2v) is 6.11. The van der Waals surface area contributed by atoms with Gasteiger partial charge in [-0.05, 0) is 54.3 Å². The van der Waals surface area contributed by atoms with Crippen LogP contribution in [0.1, 0.15) is 23.1 Å². The SMILES string of the molecule is N#Cc1ccc2c(c1)CCC(C(N)=O)N2Cc1cccc(Cl)c1. The quantitative estimate of drug-likeness (QED) is 0.943. The lowest BCUT2D eigenvalue weighted by Gasteiger charge is -2.37. The van der Waals surface area contributed by atoms with Crippen LogP contribution in [-0.4, -0.2) is 11.9 Å². The zero-order valence-corrected chi connectivity index (χ0v) is 13.3. The Morgan fingerprint density at radius 3 is 2.87 bits per heavy atom. The molecule has 1 aliphatic rings. The maximum Gasteiger partial charge on any atom is 0.240 e. The molecule has 0 bridgehead atoms. The summed E-state index contributed by atoms with van der Waals surface area (Å²) in [5.41, 5.74) is 9.27. The predicted octanol–water partition coefficient (Wildman–Crippen LogP) is 3.02. The molecule has 3 rings (SSSR count). The van der Waals surface area contributed by atoms with E-state index >= 15 is 0 Å². The van der Waals surface area contributed by atoms with Gasteiger partial charge in [-0.2, -0.15) is 5.26 Å². The van der Waals surface area contributed by atoms with Crippen molar-refractivity contribution in [2.24, 2.45) is 5.73 Å². The lowest BCUT2D eigenvalue weighted by Crippen LogP contribution is -2.47. The summed E-state index contributed by atoms with van der Waals surface area (Å²) in [4.78, 5) is 13.9. The maximum atomic E-state index is 11.9. The number of anilines is 1. The van der Waals surface area contributed by atoms with E-state index in [2.05, 4.69) is 6.07 Å². The first-order valence-electron chi connectivity index (χ1n) is 7.42. The number of rotatable bonds is 3. The Hall–Kier alpha value is -2.51. The van der Waals surface area contributed by atoms with Crippen molar-refractivity contribution < 1.29 is 4.79 Å². The van der Waals surface area contributed by atoms with Gasteiger partial charge in [0.2, 0.25) is 5.91 Å². The third-order valence-corrected chi connectivity index (χ3v) is 4.39. The maximum absolute atomic E-state index is 11.9. The van der Waals surface area contributed by atoms with Crippen molar-refractivity contribution >= 4 is 23.2 Å². The first-order valence-corrected chi connectivity index (χ1v) is 7.79. The van der Waals surface area contributed by atoms with Gasteiger partial charge in [0, 0.05) is 17.3 Å². The summed E-state index contributed by atoms with van der Waals surface area (Å²) in [5, 5.41) is 9.72. The molecule has 4 nitrogen and oxygen atoms in total. The van der Waals surface area contributed by atoms with Crippen molar-refractivity contribution in [3.8, 4) is 6.07 Å². The molecular formula is C18H16ClN3O. The molecule has 23 heavy (non-hydrogen) atoms. The molecule has 0 saturated carbocycles. The summed E-state index contributed by atoms with van der Waals surface area (Å²) in [7, 11) is 0. The van der Waals surface area contributed by atoms with Crippen molar-refractivity contribution in [2.45, 2.75) is 25.4 Å². The fourth-order valence-corrected chi connectivity index (χ4v) is 3.29. The van der Waals surface area contributed by atoms with Gasteiger partial charge in [-0.3, -0.25) is 4.79 Å². The van der Waals surface area contributed by atoms with Gasteiger partial charge in [0.15, 0.2) is 0 Å². The summed E-state index contributed by atoms with van der Waals surface area (Å²) in [6, 6.07) is 14.9. The molecule has 0 saturated heterocycles. The van der Waals surface area contributed by atoms with Crippen molar-refractivity contribution in [3.05, 3.63) is 64.2 Å². The molecule has 116 valence electrons. The van der Waals surface area contributed by atoms with Gasteiger partial charge >= 0.3 is 0 Å². The molecule has 1 aliphatic heterocycles. The molecule has 0 aromatic heterocycles. The van der Waals surface area contributed by atoms with Crippen molar-refractivity contribution in [1.29, 1.82) is 5.26 Å². The smallest absolute Gasteiger partial charge is 0.240 e. The molecule has 1 heterocycles. The number of nitrogens with two attached hydrogens (primary N) is 1. The zero-order chi connectivity index (χ0) is 16.4. The number of nitrogens with zero attached hydrogens (tertiary/aromatic N) is 2. The van der Waals surface area contributed by atoms with Crippen LogP contribution in [0.3, 0.4) is 0 Å². The van der Waals surface area contributed by atoms with E-state index in [1.807, 2.05) is 41.3 Å². The Kier molecular flexibility index (Phi) is 4.22. The Morgan fingerprint density at radius 1 is 1.35 bits per heavy atom. The number of hydrogen-bond donors (Lipinski definition) is 1. The molecule has 1 atom stereocenters. The number of halogens is 1. The van der Waals surface area contributed by atoms with Gasteiger partial charge < -0.3 is 10.6 Å². The highest BCUT2D eigenvalue weighted by atomic mass is 35.5. The number of hydrogen-bond acceptors (Lipinski definition) is 3. The highest BCUT2D eigenvalue weighted by Gasteiger charge is 2.30. The number of aryl methyl sites for hydroxylation is 1. The third kappa shape index (κ3) is 3.15. The minimum atomic E-state index is -0.352. The summed E-state index contributed by atoms with van der Waals surface area (Å²) in [5.74, 6) is -0.331. The van der Waals surface area contributed by atoms with Crippen LogP contribution in [0, 0.1) is 11.3 Å². The molecule has 0 fully saturated rings. The van der Waals surface area contributed by atoms with E-state index in [1.54, 1.807) is 6.07 Å². The highest BCUT2D eigenvalue weighted by molar-refractivity contribution is 6.30. The lowest BCUT2D eigenvalue weighted by atomic mass is 9.93. The second kappa shape index (κ2) is 6.31. The second-order valence-electron chi connectivity index (χ2n) is 5.67. The van der Waals surface area contributed by atoms with E-state index in [0.29, 0.717) is 23.6 Å². The van der Waals surface area contributed by atoms with Crippen molar-refractivity contribution in [2.75, 3.05) is 4.90 Å². The number of fused-ring (bicyclic) bond motifs is 1. The number of primary amides is 1. The number of nitriles is 1. The van der Waals surface area contributed by atoms with Gasteiger partial charge in [0.1, 0.15) is 6.04 Å². The molecule has 2 N–H and O–H groups in total. The van der Waals surface area contributed by atoms with Gasteiger partial charge in [-0.15, -0.1) is 0 Å². The van der Waals surface area contributed by atoms with Crippen LogP contribution in [0.5, 0.6) is 0 Å². The molecule has 2 aromatic carbocycles. The first kappa shape index (κ1) is 15.4. The number of carbonyl (C=O) groups is 1. The van der Waals surface area contributed by atoms with E-state index in [4.69, 9.17) is 22.6 Å². The number of amides is 1. The summed E-state index contributed by atoms with van der Waals surface area (Å²) >= 11 is 6.06. The Bertz CT molecular complexity index is 797. The van der Waals surface area contributed by atoms with E-state index in [1.165, 1.54) is 0 Å². The van der Waals surface area contributed by atoms with Gasteiger partial charge in [-0.25, -0.2) is 0 Å². The van der Waals surface area contributed by atoms with Crippen LogP contribution < -0.4 is 10.6 Å². The molecule has 0 radical (unpaired) electrons. The minimum absolute atomic E-state index is 0.331. The summed E-state index contributed by atoms with van der Waals surface area (Å²) in [6.45, 7) is 0.549. The van der Waals surface area contributed by atoms with E-state index in [9.17, 15) is 4.79 Å². The fourth-order valence-electron chi connectivity index (χ4n) is 3.07. The average molecular weight is 326 g/mol.